The highest BCUT2D eigenvalue weighted by atomic mass is 32.2. The molecule has 9 heteroatoms. The van der Waals surface area contributed by atoms with E-state index in [2.05, 4.69) is 42.3 Å². The summed E-state index contributed by atoms with van der Waals surface area (Å²) >= 11 is 1.42. The molecule has 1 aliphatic rings. The number of carbonyl (C=O) groups is 1. The summed E-state index contributed by atoms with van der Waals surface area (Å²) in [7, 11) is 1.87. The minimum atomic E-state index is -0.0711. The van der Waals surface area contributed by atoms with Gasteiger partial charge in [-0.3, -0.25) is 14.0 Å². The molecule has 5 rings (SSSR count). The molecule has 0 spiro atoms. The lowest BCUT2D eigenvalue weighted by atomic mass is 10.1. The number of para-hydroxylation sites is 1. The van der Waals surface area contributed by atoms with Gasteiger partial charge < -0.3 is 10.3 Å². The summed E-state index contributed by atoms with van der Waals surface area (Å²) < 4.78 is 3.96. The lowest BCUT2D eigenvalue weighted by Crippen LogP contribution is -2.15. The topological polar surface area (TPSA) is 93.4 Å². The van der Waals surface area contributed by atoms with Crippen molar-refractivity contribution in [2.75, 3.05) is 11.1 Å². The maximum atomic E-state index is 12.6. The molecule has 154 valence electrons. The van der Waals surface area contributed by atoms with E-state index < -0.39 is 0 Å². The van der Waals surface area contributed by atoms with Gasteiger partial charge in [0.25, 0.3) is 0 Å². The molecule has 0 bridgehead atoms. The van der Waals surface area contributed by atoms with Crippen LogP contribution in [0.4, 0.5) is 5.69 Å². The molecule has 3 heterocycles. The molecular formula is C21H23N7OS. The van der Waals surface area contributed by atoms with Gasteiger partial charge in [0, 0.05) is 35.8 Å². The smallest absolute Gasteiger partial charge is 0.234 e. The average Bonchev–Trinajstić information content (AvgIpc) is 3.27. The van der Waals surface area contributed by atoms with Gasteiger partial charge in [-0.1, -0.05) is 30.0 Å². The van der Waals surface area contributed by atoms with Gasteiger partial charge >= 0.3 is 0 Å². The summed E-state index contributed by atoms with van der Waals surface area (Å²) in [6.45, 7) is 3.84. The zero-order valence-electron chi connectivity index (χ0n) is 17.1. The predicted octanol–water partition coefficient (Wildman–Crippen LogP) is 3.84. The average molecular weight is 422 g/mol. The third-order valence-electron chi connectivity index (χ3n) is 5.51. The van der Waals surface area contributed by atoms with E-state index in [0.717, 1.165) is 57.4 Å². The molecule has 0 radical (unpaired) electrons. The minimum absolute atomic E-state index is 0.0711. The van der Waals surface area contributed by atoms with Crippen molar-refractivity contribution < 1.29 is 4.79 Å². The monoisotopic (exact) mass is 421 g/mol. The zero-order chi connectivity index (χ0) is 20.8. The van der Waals surface area contributed by atoms with E-state index >= 15 is 0 Å². The number of rotatable bonds is 6. The fourth-order valence-corrected chi connectivity index (χ4v) is 4.54. The Morgan fingerprint density at radius 2 is 2.07 bits per heavy atom. The van der Waals surface area contributed by atoms with Crippen molar-refractivity contribution in [1.29, 1.82) is 0 Å². The van der Waals surface area contributed by atoms with Crippen LogP contribution in [0.5, 0.6) is 0 Å². The molecule has 8 nitrogen and oxygen atoms in total. The van der Waals surface area contributed by atoms with Crippen molar-refractivity contribution >= 4 is 34.3 Å². The fraction of sp³-hybridized carbons (Fsp3) is 0.333. The Balaban J connectivity index is 1.37. The van der Waals surface area contributed by atoms with E-state index in [-0.39, 0.29) is 11.7 Å². The summed E-state index contributed by atoms with van der Waals surface area (Å²) in [4.78, 5) is 15.9. The van der Waals surface area contributed by atoms with Crippen LogP contribution >= 0.6 is 11.8 Å². The largest absolute Gasteiger partial charge is 0.360 e. The molecule has 4 aromatic rings. The van der Waals surface area contributed by atoms with E-state index in [0.29, 0.717) is 6.04 Å². The Kier molecular flexibility index (Phi) is 4.62. The number of nitrogens with one attached hydrogen (secondary N) is 2. The van der Waals surface area contributed by atoms with Crippen molar-refractivity contribution in [3.05, 3.63) is 41.9 Å². The van der Waals surface area contributed by atoms with Gasteiger partial charge in [-0.2, -0.15) is 5.10 Å². The van der Waals surface area contributed by atoms with Gasteiger partial charge in [0.2, 0.25) is 5.91 Å². The van der Waals surface area contributed by atoms with Crippen LogP contribution in [0.15, 0.2) is 35.6 Å². The number of aromatic nitrogens is 6. The number of benzene rings is 1. The van der Waals surface area contributed by atoms with Crippen LogP contribution in [0.3, 0.4) is 0 Å². The van der Waals surface area contributed by atoms with Gasteiger partial charge in [0.15, 0.2) is 11.0 Å². The first kappa shape index (κ1) is 18.9. The van der Waals surface area contributed by atoms with Gasteiger partial charge in [-0.25, -0.2) is 0 Å². The summed E-state index contributed by atoms with van der Waals surface area (Å²) in [5.74, 6) is 1.06. The molecule has 1 aliphatic carbocycles. The van der Waals surface area contributed by atoms with Crippen LogP contribution in [0.2, 0.25) is 0 Å². The molecule has 3 aromatic heterocycles. The van der Waals surface area contributed by atoms with Crippen LogP contribution in [-0.2, 0) is 11.8 Å². The molecular weight excluding hydrogens is 398 g/mol. The fourth-order valence-electron chi connectivity index (χ4n) is 3.74. The van der Waals surface area contributed by atoms with Crippen molar-refractivity contribution in [2.24, 2.45) is 7.05 Å². The maximum Gasteiger partial charge on any atom is 0.234 e. The second-order valence-electron chi connectivity index (χ2n) is 7.66. The number of thioether (sulfide) groups is 1. The van der Waals surface area contributed by atoms with E-state index in [9.17, 15) is 4.79 Å². The van der Waals surface area contributed by atoms with Crippen LogP contribution in [-0.4, -0.2) is 41.2 Å². The lowest BCUT2D eigenvalue weighted by Gasteiger charge is -2.09. The number of amides is 1. The molecule has 0 atom stereocenters. The SMILES string of the molecule is Cc1nn(C)c(C)c1NC(=O)CSc1nnc(-c2c[nH]c3ccccc23)n1C1CC1. The van der Waals surface area contributed by atoms with Crippen LogP contribution in [0, 0.1) is 13.8 Å². The predicted molar refractivity (Wildman–Crippen MR) is 118 cm³/mol. The van der Waals surface area contributed by atoms with Crippen LogP contribution in [0.1, 0.15) is 30.3 Å². The van der Waals surface area contributed by atoms with Gasteiger partial charge in [0.05, 0.1) is 22.8 Å². The van der Waals surface area contributed by atoms with Gasteiger partial charge in [-0.05, 0) is 32.8 Å². The highest BCUT2D eigenvalue weighted by Gasteiger charge is 2.31. The zero-order valence-corrected chi connectivity index (χ0v) is 18.0. The molecule has 2 N–H and O–H groups in total. The first-order valence-corrected chi connectivity index (χ1v) is 11.0. The van der Waals surface area contributed by atoms with Crippen LogP contribution < -0.4 is 5.32 Å². The summed E-state index contributed by atoms with van der Waals surface area (Å²) in [6, 6.07) is 8.59. The van der Waals surface area contributed by atoms with Crippen molar-refractivity contribution in [3.8, 4) is 11.4 Å². The number of aromatic amines is 1. The number of hydrogen-bond donors (Lipinski definition) is 2. The molecule has 1 fully saturated rings. The van der Waals surface area contributed by atoms with Crippen molar-refractivity contribution in [2.45, 2.75) is 37.9 Å². The standard InChI is InChI=1S/C21H23N7OS/c1-12-19(13(2)27(3)26-12)23-18(29)11-30-21-25-24-20(28(21)14-8-9-14)16-10-22-17-7-5-4-6-15(16)17/h4-7,10,14,22H,8-9,11H2,1-3H3,(H,23,29). The number of carbonyl (C=O) groups excluding carboxylic acids is 1. The molecule has 30 heavy (non-hydrogen) atoms. The quantitative estimate of drug-likeness (QED) is 0.461. The number of nitrogens with zero attached hydrogens (tertiary/aromatic N) is 5. The molecule has 0 saturated heterocycles. The summed E-state index contributed by atoms with van der Waals surface area (Å²) in [5.41, 5.74) is 4.66. The number of aryl methyl sites for hydroxylation is 2. The molecule has 0 aliphatic heterocycles. The Hall–Kier alpha value is -3.07. The Morgan fingerprint density at radius 3 is 2.80 bits per heavy atom. The number of fused-ring (bicyclic) bond motifs is 1. The normalized spacial score (nSPS) is 13.8. The Morgan fingerprint density at radius 1 is 1.27 bits per heavy atom. The highest BCUT2D eigenvalue weighted by Crippen LogP contribution is 2.42. The number of H-pyrrole nitrogens is 1. The van der Waals surface area contributed by atoms with Gasteiger partial charge in [0.1, 0.15) is 0 Å². The highest BCUT2D eigenvalue weighted by molar-refractivity contribution is 7.99. The third-order valence-corrected chi connectivity index (χ3v) is 6.46. The van der Waals surface area contributed by atoms with E-state index in [4.69, 9.17) is 0 Å². The van der Waals surface area contributed by atoms with Gasteiger partial charge in [-0.15, -0.1) is 10.2 Å². The maximum absolute atomic E-state index is 12.6. The third kappa shape index (κ3) is 3.28. The van der Waals surface area contributed by atoms with Crippen molar-refractivity contribution in [3.63, 3.8) is 0 Å². The van der Waals surface area contributed by atoms with Crippen LogP contribution in [0.25, 0.3) is 22.3 Å². The lowest BCUT2D eigenvalue weighted by molar-refractivity contribution is -0.113. The van der Waals surface area contributed by atoms with E-state index in [1.54, 1.807) is 4.68 Å². The first-order valence-electron chi connectivity index (χ1n) is 9.97. The second kappa shape index (κ2) is 7.32. The molecule has 1 aromatic carbocycles. The van der Waals surface area contributed by atoms with E-state index in [1.165, 1.54) is 11.8 Å². The number of hydrogen-bond acceptors (Lipinski definition) is 5. The second-order valence-corrected chi connectivity index (χ2v) is 8.60. The van der Waals surface area contributed by atoms with Crippen molar-refractivity contribution in [1.82, 2.24) is 29.5 Å². The molecule has 0 unspecified atom stereocenters. The summed E-state index contributed by atoms with van der Waals surface area (Å²) in [5, 5.41) is 18.2. The Labute approximate surface area is 178 Å². The number of anilines is 1. The Bertz CT molecular complexity index is 1250. The summed E-state index contributed by atoms with van der Waals surface area (Å²) in [6.07, 6.45) is 4.21. The minimum Gasteiger partial charge on any atom is -0.360 e. The van der Waals surface area contributed by atoms with E-state index in [1.807, 2.05) is 39.2 Å². The first-order chi connectivity index (χ1) is 14.5. The molecule has 1 saturated carbocycles. The molecule has 1 amide bonds.